The number of urea groups is 1. The number of ether oxygens (including phenoxy) is 1. The van der Waals surface area contributed by atoms with Crippen molar-refractivity contribution in [2.24, 2.45) is 5.92 Å². The second-order valence-corrected chi connectivity index (χ2v) is 10.9. The number of piperidine rings is 2. The fraction of sp³-hybridized carbons (Fsp3) is 0.407. The maximum atomic E-state index is 13.3. The third-order valence-corrected chi connectivity index (χ3v) is 8.70. The topological polar surface area (TPSA) is 94.7 Å². The van der Waals surface area contributed by atoms with Crippen molar-refractivity contribution < 1.29 is 14.3 Å². The average Bonchev–Trinajstić information content (AvgIpc) is 3.28. The quantitative estimate of drug-likeness (QED) is 0.482. The second kappa shape index (κ2) is 10.2. The lowest BCUT2D eigenvalue weighted by Gasteiger charge is -2.46. The van der Waals surface area contributed by atoms with Crippen molar-refractivity contribution in [2.75, 3.05) is 19.6 Å². The molecule has 4 heterocycles. The minimum Gasteiger partial charge on any atom is -0.457 e. The van der Waals surface area contributed by atoms with Crippen LogP contribution in [-0.4, -0.2) is 53.9 Å². The summed E-state index contributed by atoms with van der Waals surface area (Å²) >= 11 is 1.56. The zero-order valence-electron chi connectivity index (χ0n) is 20.0. The molecule has 188 valence electrons. The summed E-state index contributed by atoms with van der Waals surface area (Å²) in [6.07, 6.45) is 2.90. The normalized spacial score (nSPS) is 27.3. The smallest absolute Gasteiger partial charge is 0.322 e. The fourth-order valence-electron chi connectivity index (χ4n) is 5.58. The van der Waals surface area contributed by atoms with E-state index in [1.165, 1.54) is 0 Å². The van der Waals surface area contributed by atoms with Crippen molar-refractivity contribution in [3.8, 4) is 11.5 Å². The molecule has 4 N–H and O–H groups in total. The van der Waals surface area contributed by atoms with Gasteiger partial charge in [0.05, 0.1) is 10.3 Å². The van der Waals surface area contributed by atoms with Crippen LogP contribution in [0.4, 0.5) is 4.79 Å². The Morgan fingerprint density at radius 3 is 2.64 bits per heavy atom. The Kier molecular flexibility index (Phi) is 6.60. The lowest BCUT2D eigenvalue weighted by atomic mass is 9.86. The number of carbonyl (C=O) groups excluding carboxylic acids is 2. The highest BCUT2D eigenvalue weighted by Gasteiger charge is 2.51. The maximum absolute atomic E-state index is 13.3. The molecule has 0 spiro atoms. The molecule has 2 aromatic rings. The van der Waals surface area contributed by atoms with Crippen molar-refractivity contribution in [3.63, 3.8) is 0 Å². The van der Waals surface area contributed by atoms with Crippen LogP contribution in [0.25, 0.3) is 0 Å². The number of carbonyl (C=O) groups is 2. The Hall–Kier alpha value is -3.01. The summed E-state index contributed by atoms with van der Waals surface area (Å²) in [5.74, 6) is 1.56. The second-order valence-electron chi connectivity index (χ2n) is 9.75. The van der Waals surface area contributed by atoms with E-state index in [4.69, 9.17) is 4.74 Å². The van der Waals surface area contributed by atoms with Crippen molar-refractivity contribution in [1.82, 2.24) is 26.2 Å². The SMILES string of the molecule is O=C(N[C@@H]1CCCNC1)C1=C2NC(=O)N(Cc3ccc(Oc4ccccc4)cc3)C3CCNC(S1)C23. The minimum absolute atomic E-state index is 0.0504. The Morgan fingerprint density at radius 2 is 1.86 bits per heavy atom. The first-order valence-corrected chi connectivity index (χ1v) is 13.6. The van der Waals surface area contributed by atoms with Gasteiger partial charge in [0.15, 0.2) is 0 Å². The molecule has 4 aliphatic rings. The lowest BCUT2D eigenvalue weighted by molar-refractivity contribution is -0.117. The van der Waals surface area contributed by atoms with Gasteiger partial charge in [0, 0.05) is 36.8 Å². The van der Waals surface area contributed by atoms with Gasteiger partial charge in [-0.25, -0.2) is 4.79 Å². The van der Waals surface area contributed by atoms with Crippen LogP contribution >= 0.6 is 11.8 Å². The van der Waals surface area contributed by atoms with E-state index in [-0.39, 0.29) is 35.3 Å². The van der Waals surface area contributed by atoms with Crippen LogP contribution in [0.2, 0.25) is 0 Å². The van der Waals surface area contributed by atoms with Gasteiger partial charge in [-0.15, -0.1) is 0 Å². The van der Waals surface area contributed by atoms with Gasteiger partial charge in [0.2, 0.25) is 0 Å². The largest absolute Gasteiger partial charge is 0.457 e. The number of amides is 3. The highest BCUT2D eigenvalue weighted by atomic mass is 32.2. The molecular weight excluding hydrogens is 474 g/mol. The van der Waals surface area contributed by atoms with Gasteiger partial charge in [0.25, 0.3) is 5.91 Å². The third-order valence-electron chi connectivity index (χ3n) is 7.35. The van der Waals surface area contributed by atoms with Crippen LogP contribution in [0.3, 0.4) is 0 Å². The van der Waals surface area contributed by atoms with Gasteiger partial charge >= 0.3 is 6.03 Å². The number of benzene rings is 2. The Bertz CT molecular complexity index is 1150. The number of hydrogen-bond acceptors (Lipinski definition) is 6. The summed E-state index contributed by atoms with van der Waals surface area (Å²) in [6, 6.07) is 17.6. The van der Waals surface area contributed by atoms with E-state index in [1.807, 2.05) is 59.5 Å². The summed E-state index contributed by atoms with van der Waals surface area (Å²) in [5, 5.41) is 13.3. The Balaban J connectivity index is 1.17. The molecule has 0 bridgehead atoms. The first-order valence-electron chi connectivity index (χ1n) is 12.7. The summed E-state index contributed by atoms with van der Waals surface area (Å²) < 4.78 is 5.90. The zero-order valence-corrected chi connectivity index (χ0v) is 20.9. The van der Waals surface area contributed by atoms with E-state index < -0.39 is 0 Å². The van der Waals surface area contributed by atoms with Gasteiger partial charge in [0.1, 0.15) is 11.5 Å². The molecule has 0 aliphatic carbocycles. The summed E-state index contributed by atoms with van der Waals surface area (Å²) in [4.78, 5) is 29.1. The van der Waals surface area contributed by atoms with Crippen molar-refractivity contribution in [2.45, 2.75) is 43.3 Å². The summed E-state index contributed by atoms with van der Waals surface area (Å²) in [5.41, 5.74) is 1.83. The molecule has 3 amide bonds. The fourth-order valence-corrected chi connectivity index (χ4v) is 6.98. The van der Waals surface area contributed by atoms with E-state index >= 15 is 0 Å². The van der Waals surface area contributed by atoms with E-state index in [9.17, 15) is 9.59 Å². The number of nitrogens with zero attached hydrogens (tertiary/aromatic N) is 1. The Labute approximate surface area is 215 Å². The zero-order chi connectivity index (χ0) is 24.5. The number of hydrogen-bond donors (Lipinski definition) is 4. The molecule has 9 heteroatoms. The first kappa shape index (κ1) is 23.4. The third kappa shape index (κ3) is 4.70. The molecule has 36 heavy (non-hydrogen) atoms. The van der Waals surface area contributed by atoms with Crippen molar-refractivity contribution in [1.29, 1.82) is 0 Å². The lowest BCUT2D eigenvalue weighted by Crippen LogP contribution is -2.61. The van der Waals surface area contributed by atoms with E-state index in [2.05, 4.69) is 21.3 Å². The van der Waals surface area contributed by atoms with Gasteiger partial charge in [-0.05, 0) is 62.2 Å². The molecule has 2 aromatic carbocycles. The predicted octanol–water partition coefficient (Wildman–Crippen LogP) is 3.13. The molecule has 8 nitrogen and oxygen atoms in total. The summed E-state index contributed by atoms with van der Waals surface area (Å²) in [6.45, 7) is 3.13. The maximum Gasteiger partial charge on any atom is 0.322 e. The van der Waals surface area contributed by atoms with Crippen LogP contribution in [0.5, 0.6) is 11.5 Å². The van der Waals surface area contributed by atoms with Crippen LogP contribution in [-0.2, 0) is 11.3 Å². The van der Waals surface area contributed by atoms with E-state index in [1.54, 1.807) is 11.8 Å². The first-order chi connectivity index (χ1) is 17.7. The molecule has 6 rings (SSSR count). The van der Waals surface area contributed by atoms with Crippen LogP contribution in [0.1, 0.15) is 24.8 Å². The summed E-state index contributed by atoms with van der Waals surface area (Å²) in [7, 11) is 0. The molecule has 4 atom stereocenters. The minimum atomic E-state index is -0.136. The molecule has 3 fully saturated rings. The van der Waals surface area contributed by atoms with Crippen LogP contribution < -0.4 is 26.0 Å². The Morgan fingerprint density at radius 1 is 1.06 bits per heavy atom. The molecule has 0 aromatic heterocycles. The number of thioether (sulfide) groups is 1. The van der Waals surface area contributed by atoms with Crippen molar-refractivity contribution in [3.05, 3.63) is 70.8 Å². The molecule has 3 saturated heterocycles. The van der Waals surface area contributed by atoms with Crippen LogP contribution in [0.15, 0.2) is 65.2 Å². The van der Waals surface area contributed by atoms with Gasteiger partial charge in [-0.2, -0.15) is 0 Å². The van der Waals surface area contributed by atoms with E-state index in [0.717, 1.165) is 61.7 Å². The van der Waals surface area contributed by atoms with Crippen LogP contribution in [0, 0.1) is 5.92 Å². The monoisotopic (exact) mass is 505 g/mol. The molecule has 0 radical (unpaired) electrons. The van der Waals surface area contributed by atoms with Crippen molar-refractivity contribution >= 4 is 23.7 Å². The standard InChI is InChI=1S/C27H31N5O3S/c33-25(30-18-5-4-13-28-15-18)24-23-22-21(12-14-29-26(22)36-24)32(27(34)31-23)16-17-8-10-20(11-9-17)35-19-6-2-1-3-7-19/h1-3,6-11,18,21-22,26,28-29H,4-5,12-16H2,(H,30,33)(H,31,34)/t18-,21?,22?,26?/m1/s1. The highest BCUT2D eigenvalue weighted by molar-refractivity contribution is 8.04. The van der Waals surface area contributed by atoms with Gasteiger partial charge in [-0.1, -0.05) is 42.1 Å². The molecule has 3 unspecified atom stereocenters. The van der Waals surface area contributed by atoms with E-state index in [0.29, 0.717) is 11.4 Å². The number of rotatable bonds is 6. The molecular formula is C27H31N5O3S. The van der Waals surface area contributed by atoms with Gasteiger partial charge < -0.3 is 30.9 Å². The number of nitrogens with one attached hydrogen (secondary N) is 4. The molecule has 0 saturated carbocycles. The average molecular weight is 506 g/mol. The predicted molar refractivity (Wildman–Crippen MR) is 139 cm³/mol. The molecule has 4 aliphatic heterocycles. The highest BCUT2D eigenvalue weighted by Crippen LogP contribution is 2.47. The number of para-hydroxylation sites is 1. The van der Waals surface area contributed by atoms with Gasteiger partial charge in [-0.3, -0.25) is 4.79 Å².